The van der Waals surface area contributed by atoms with Crippen LogP contribution in [0.3, 0.4) is 0 Å². The molecule has 0 N–H and O–H groups in total. The number of benzene rings is 1. The monoisotopic (exact) mass is 170 g/mol. The van der Waals surface area contributed by atoms with Gasteiger partial charge in [-0.3, -0.25) is 0 Å². The lowest BCUT2D eigenvalue weighted by molar-refractivity contribution is 0.980. The number of aryl methyl sites for hydroxylation is 1. The first-order valence-electron chi connectivity index (χ1n) is 4.73. The van der Waals surface area contributed by atoms with Gasteiger partial charge in [-0.15, -0.1) is 0 Å². The van der Waals surface area contributed by atoms with E-state index >= 15 is 0 Å². The SMILES string of the molecule is Cc1cccc(C2=CC=CC2C)c1. The van der Waals surface area contributed by atoms with E-state index in [9.17, 15) is 0 Å². The summed E-state index contributed by atoms with van der Waals surface area (Å²) in [7, 11) is 0. The van der Waals surface area contributed by atoms with Crippen LogP contribution < -0.4 is 0 Å². The normalized spacial score (nSPS) is 20.5. The highest BCUT2D eigenvalue weighted by Gasteiger charge is 2.10. The Hall–Kier alpha value is -1.30. The molecular formula is C13H14. The minimum atomic E-state index is 0.571. The summed E-state index contributed by atoms with van der Waals surface area (Å²) >= 11 is 0. The lowest BCUT2D eigenvalue weighted by atomic mass is 9.96. The summed E-state index contributed by atoms with van der Waals surface area (Å²) in [4.78, 5) is 0. The largest absolute Gasteiger partial charge is 0.0773 e. The highest BCUT2D eigenvalue weighted by atomic mass is 14.1. The standard InChI is InChI=1S/C13H14/c1-10-5-3-7-12(9-10)13-8-4-6-11(13)2/h3-9,11H,1-2H3. The second-order valence-corrected chi connectivity index (χ2v) is 3.67. The van der Waals surface area contributed by atoms with Gasteiger partial charge in [0.1, 0.15) is 0 Å². The van der Waals surface area contributed by atoms with Crippen LogP contribution in [0.15, 0.2) is 42.5 Å². The lowest BCUT2D eigenvalue weighted by Crippen LogP contribution is -1.91. The Balaban J connectivity index is 2.37. The van der Waals surface area contributed by atoms with Crippen molar-refractivity contribution in [1.29, 1.82) is 0 Å². The summed E-state index contributed by atoms with van der Waals surface area (Å²) in [5.41, 5.74) is 4.12. The quantitative estimate of drug-likeness (QED) is 0.604. The first-order valence-corrected chi connectivity index (χ1v) is 4.73. The van der Waals surface area contributed by atoms with Crippen LogP contribution in [0.1, 0.15) is 18.1 Å². The van der Waals surface area contributed by atoms with Crippen molar-refractivity contribution in [3.8, 4) is 0 Å². The highest BCUT2D eigenvalue weighted by molar-refractivity contribution is 5.72. The van der Waals surface area contributed by atoms with Gasteiger partial charge in [-0.2, -0.15) is 0 Å². The van der Waals surface area contributed by atoms with Crippen molar-refractivity contribution >= 4 is 5.57 Å². The molecule has 1 unspecified atom stereocenters. The molecule has 0 spiro atoms. The van der Waals surface area contributed by atoms with E-state index in [4.69, 9.17) is 0 Å². The van der Waals surface area contributed by atoms with Crippen molar-refractivity contribution < 1.29 is 0 Å². The van der Waals surface area contributed by atoms with Crippen LogP contribution in [0.2, 0.25) is 0 Å². The molecule has 1 aliphatic rings. The van der Waals surface area contributed by atoms with Crippen LogP contribution in [0.25, 0.3) is 5.57 Å². The number of hydrogen-bond donors (Lipinski definition) is 0. The van der Waals surface area contributed by atoms with E-state index in [0.29, 0.717) is 5.92 Å². The summed E-state index contributed by atoms with van der Waals surface area (Å²) in [6, 6.07) is 8.69. The fourth-order valence-electron chi connectivity index (χ4n) is 1.77. The maximum Gasteiger partial charge on any atom is -0.000139 e. The van der Waals surface area contributed by atoms with Gasteiger partial charge in [0, 0.05) is 0 Å². The van der Waals surface area contributed by atoms with Crippen molar-refractivity contribution in [3.05, 3.63) is 53.6 Å². The number of hydrogen-bond acceptors (Lipinski definition) is 0. The lowest BCUT2D eigenvalue weighted by Gasteiger charge is -2.08. The fraction of sp³-hybridized carbons (Fsp3) is 0.231. The Labute approximate surface area is 79.6 Å². The molecule has 0 bridgehead atoms. The van der Waals surface area contributed by atoms with E-state index in [-0.39, 0.29) is 0 Å². The van der Waals surface area contributed by atoms with Gasteiger partial charge >= 0.3 is 0 Å². The van der Waals surface area contributed by atoms with Crippen molar-refractivity contribution in [2.75, 3.05) is 0 Å². The van der Waals surface area contributed by atoms with Crippen LogP contribution in [-0.2, 0) is 0 Å². The zero-order chi connectivity index (χ0) is 9.26. The Kier molecular flexibility index (Phi) is 2.05. The van der Waals surface area contributed by atoms with Gasteiger partial charge in [0.05, 0.1) is 0 Å². The molecular weight excluding hydrogens is 156 g/mol. The van der Waals surface area contributed by atoms with Crippen LogP contribution in [0.5, 0.6) is 0 Å². The summed E-state index contributed by atoms with van der Waals surface area (Å²) < 4.78 is 0. The van der Waals surface area contributed by atoms with Gasteiger partial charge in [-0.05, 0) is 24.0 Å². The summed E-state index contributed by atoms with van der Waals surface area (Å²) in [5, 5.41) is 0. The van der Waals surface area contributed by atoms with Gasteiger partial charge in [-0.1, -0.05) is 55.0 Å². The Bertz CT molecular complexity index is 369. The molecule has 0 aromatic heterocycles. The molecule has 1 atom stereocenters. The molecule has 0 saturated heterocycles. The topological polar surface area (TPSA) is 0 Å². The molecule has 0 nitrogen and oxygen atoms in total. The maximum atomic E-state index is 2.25. The first kappa shape index (κ1) is 8.31. The molecule has 0 amide bonds. The third-order valence-corrected chi connectivity index (χ3v) is 2.52. The molecule has 1 aliphatic carbocycles. The van der Waals surface area contributed by atoms with Gasteiger partial charge in [0.2, 0.25) is 0 Å². The predicted molar refractivity (Wildman–Crippen MR) is 57.5 cm³/mol. The molecule has 0 aliphatic heterocycles. The van der Waals surface area contributed by atoms with E-state index in [2.05, 4.69) is 56.3 Å². The van der Waals surface area contributed by atoms with E-state index in [1.165, 1.54) is 16.7 Å². The molecule has 0 saturated carbocycles. The fourth-order valence-corrected chi connectivity index (χ4v) is 1.77. The van der Waals surface area contributed by atoms with E-state index in [1.807, 2.05) is 0 Å². The van der Waals surface area contributed by atoms with Crippen molar-refractivity contribution in [2.45, 2.75) is 13.8 Å². The third kappa shape index (κ3) is 1.57. The molecule has 0 heteroatoms. The summed E-state index contributed by atoms with van der Waals surface area (Å²) in [5.74, 6) is 0.571. The van der Waals surface area contributed by atoms with Gasteiger partial charge < -0.3 is 0 Å². The Morgan fingerprint density at radius 3 is 2.69 bits per heavy atom. The van der Waals surface area contributed by atoms with E-state index in [1.54, 1.807) is 0 Å². The highest BCUT2D eigenvalue weighted by Crippen LogP contribution is 2.28. The summed E-state index contributed by atoms with van der Waals surface area (Å²) in [6.07, 6.45) is 6.58. The van der Waals surface area contributed by atoms with Crippen LogP contribution >= 0.6 is 0 Å². The van der Waals surface area contributed by atoms with Gasteiger partial charge in [0.15, 0.2) is 0 Å². The van der Waals surface area contributed by atoms with Crippen molar-refractivity contribution in [3.63, 3.8) is 0 Å². The summed E-state index contributed by atoms with van der Waals surface area (Å²) in [6.45, 7) is 4.37. The Morgan fingerprint density at radius 1 is 1.23 bits per heavy atom. The molecule has 0 radical (unpaired) electrons. The van der Waals surface area contributed by atoms with Gasteiger partial charge in [-0.25, -0.2) is 0 Å². The average Bonchev–Trinajstić information content (AvgIpc) is 2.51. The Morgan fingerprint density at radius 2 is 2.08 bits per heavy atom. The zero-order valence-electron chi connectivity index (χ0n) is 8.12. The van der Waals surface area contributed by atoms with Crippen LogP contribution in [0, 0.1) is 12.8 Å². The smallest absolute Gasteiger partial charge is 0.000139 e. The number of rotatable bonds is 1. The zero-order valence-corrected chi connectivity index (χ0v) is 8.12. The molecule has 1 aromatic carbocycles. The van der Waals surface area contributed by atoms with E-state index < -0.39 is 0 Å². The van der Waals surface area contributed by atoms with E-state index in [0.717, 1.165) is 0 Å². The molecule has 2 rings (SSSR count). The minimum Gasteiger partial charge on any atom is -0.0773 e. The molecule has 1 aromatic rings. The molecule has 13 heavy (non-hydrogen) atoms. The minimum absolute atomic E-state index is 0.571. The van der Waals surface area contributed by atoms with Crippen molar-refractivity contribution in [1.82, 2.24) is 0 Å². The van der Waals surface area contributed by atoms with Crippen molar-refractivity contribution in [2.24, 2.45) is 5.92 Å². The van der Waals surface area contributed by atoms with Crippen LogP contribution in [0.4, 0.5) is 0 Å². The molecule has 66 valence electrons. The maximum absolute atomic E-state index is 2.25. The van der Waals surface area contributed by atoms with Crippen LogP contribution in [-0.4, -0.2) is 0 Å². The average molecular weight is 170 g/mol. The second kappa shape index (κ2) is 3.21. The third-order valence-electron chi connectivity index (χ3n) is 2.52. The number of allylic oxidation sites excluding steroid dienone is 4. The first-order chi connectivity index (χ1) is 6.27. The molecule has 0 heterocycles. The molecule has 0 fully saturated rings. The second-order valence-electron chi connectivity index (χ2n) is 3.67. The van der Waals surface area contributed by atoms with Gasteiger partial charge in [0.25, 0.3) is 0 Å². The predicted octanol–water partition coefficient (Wildman–Crippen LogP) is 3.58.